The van der Waals surface area contributed by atoms with Gasteiger partial charge in [-0.15, -0.1) is 0 Å². The molecule has 0 radical (unpaired) electrons. The Morgan fingerprint density at radius 2 is 1.75 bits per heavy atom. The summed E-state index contributed by atoms with van der Waals surface area (Å²) in [6.45, 7) is -0.253. The van der Waals surface area contributed by atoms with Crippen molar-refractivity contribution in [1.29, 1.82) is 0 Å². The van der Waals surface area contributed by atoms with E-state index in [0.717, 1.165) is 10.5 Å². The van der Waals surface area contributed by atoms with Crippen LogP contribution in [-0.2, 0) is 14.3 Å². The fourth-order valence-electron chi connectivity index (χ4n) is 3.07. The number of amides is 3. The average molecular weight is 382 g/mol. The number of imide groups is 1. The van der Waals surface area contributed by atoms with Crippen LogP contribution in [0.25, 0.3) is 0 Å². The van der Waals surface area contributed by atoms with Gasteiger partial charge in [-0.1, -0.05) is 42.5 Å². The zero-order valence-corrected chi connectivity index (χ0v) is 14.9. The van der Waals surface area contributed by atoms with Crippen LogP contribution in [0.15, 0.2) is 54.6 Å². The summed E-state index contributed by atoms with van der Waals surface area (Å²) >= 11 is 0. The highest BCUT2D eigenvalue weighted by molar-refractivity contribution is 5.97. The summed E-state index contributed by atoms with van der Waals surface area (Å²) in [5, 5.41) is 2.86. The third-order valence-corrected chi connectivity index (χ3v) is 4.53. The number of benzene rings is 2. The van der Waals surface area contributed by atoms with E-state index in [-0.39, 0.29) is 19.8 Å². The van der Waals surface area contributed by atoms with E-state index in [9.17, 15) is 14.4 Å². The monoisotopic (exact) mass is 382 g/mol. The largest absolute Gasteiger partial charge is 0.485 e. The van der Waals surface area contributed by atoms with Crippen LogP contribution in [0.1, 0.15) is 11.6 Å². The molecule has 2 aliphatic rings. The first kappa shape index (κ1) is 17.8. The molecular formula is C20H18N2O6. The molecule has 0 spiro atoms. The number of ether oxygens (including phenoxy) is 3. The second-order valence-electron chi connectivity index (χ2n) is 6.40. The molecule has 2 aliphatic heterocycles. The summed E-state index contributed by atoms with van der Waals surface area (Å²) in [4.78, 5) is 37.5. The maximum absolute atomic E-state index is 12.8. The molecule has 2 heterocycles. The van der Waals surface area contributed by atoms with Gasteiger partial charge in [-0.2, -0.15) is 0 Å². The zero-order chi connectivity index (χ0) is 19.5. The third kappa shape index (κ3) is 3.62. The lowest BCUT2D eigenvalue weighted by molar-refractivity contribution is -0.132. The number of carbonyl (C=O) groups is 3. The SMILES string of the molecule is O=C(N[C@H](CN1C(=O)COC1=O)c1ccccc1)[C@@H]1COc2ccccc2O1. The van der Waals surface area contributed by atoms with Crippen molar-refractivity contribution in [3.8, 4) is 11.5 Å². The van der Waals surface area contributed by atoms with Crippen LogP contribution in [0.5, 0.6) is 11.5 Å². The lowest BCUT2D eigenvalue weighted by atomic mass is 10.1. The van der Waals surface area contributed by atoms with Gasteiger partial charge >= 0.3 is 6.09 Å². The number of nitrogens with zero attached hydrogens (tertiary/aromatic N) is 1. The molecule has 0 bridgehead atoms. The number of fused-ring (bicyclic) bond motifs is 1. The molecule has 2 aromatic carbocycles. The maximum atomic E-state index is 12.8. The van der Waals surface area contributed by atoms with Crippen molar-refractivity contribution in [2.45, 2.75) is 12.1 Å². The fraction of sp³-hybridized carbons (Fsp3) is 0.250. The topological polar surface area (TPSA) is 94.2 Å². The van der Waals surface area contributed by atoms with Gasteiger partial charge in [0.2, 0.25) is 6.10 Å². The Kier molecular flexibility index (Phi) is 4.84. The lowest BCUT2D eigenvalue weighted by Gasteiger charge is -2.28. The number of nitrogens with one attached hydrogen (secondary N) is 1. The van der Waals surface area contributed by atoms with Gasteiger partial charge in [0, 0.05) is 0 Å². The highest BCUT2D eigenvalue weighted by atomic mass is 16.6. The Labute approximate surface area is 161 Å². The smallest absolute Gasteiger partial charge is 0.417 e. The molecule has 4 rings (SSSR count). The molecule has 1 saturated heterocycles. The molecule has 8 heteroatoms. The zero-order valence-electron chi connectivity index (χ0n) is 14.9. The van der Waals surface area contributed by atoms with Gasteiger partial charge in [0.1, 0.15) is 6.61 Å². The van der Waals surface area contributed by atoms with Crippen LogP contribution >= 0.6 is 0 Å². The first-order valence-corrected chi connectivity index (χ1v) is 8.83. The summed E-state index contributed by atoms with van der Waals surface area (Å²) in [6, 6.07) is 15.6. The van der Waals surface area contributed by atoms with E-state index in [0.29, 0.717) is 11.5 Å². The van der Waals surface area contributed by atoms with E-state index in [1.165, 1.54) is 0 Å². The number of cyclic esters (lactones) is 1. The molecule has 1 N–H and O–H groups in total. The number of hydrogen-bond donors (Lipinski definition) is 1. The Hall–Kier alpha value is -3.55. The van der Waals surface area contributed by atoms with Crippen molar-refractivity contribution >= 4 is 17.9 Å². The summed E-state index contributed by atoms with van der Waals surface area (Å²) in [7, 11) is 0. The minimum atomic E-state index is -0.845. The van der Waals surface area contributed by atoms with Crippen molar-refractivity contribution in [1.82, 2.24) is 10.2 Å². The molecule has 2 aromatic rings. The normalized spacial score (nSPS) is 19.1. The molecule has 28 heavy (non-hydrogen) atoms. The molecule has 144 valence electrons. The highest BCUT2D eigenvalue weighted by Gasteiger charge is 2.35. The quantitative estimate of drug-likeness (QED) is 0.845. The molecule has 0 unspecified atom stereocenters. The van der Waals surface area contributed by atoms with Gasteiger partial charge in [-0.3, -0.25) is 9.59 Å². The Bertz CT molecular complexity index is 885. The molecule has 8 nitrogen and oxygen atoms in total. The van der Waals surface area contributed by atoms with Gasteiger partial charge in [0.25, 0.3) is 11.8 Å². The van der Waals surface area contributed by atoms with E-state index >= 15 is 0 Å². The second kappa shape index (κ2) is 7.59. The first-order chi connectivity index (χ1) is 13.6. The predicted octanol–water partition coefficient (Wildman–Crippen LogP) is 1.66. The first-order valence-electron chi connectivity index (χ1n) is 8.83. The molecule has 0 aliphatic carbocycles. The Morgan fingerprint density at radius 1 is 1.04 bits per heavy atom. The van der Waals surface area contributed by atoms with Crippen LogP contribution in [-0.4, -0.2) is 48.7 Å². The summed E-state index contributed by atoms with van der Waals surface area (Å²) < 4.78 is 16.1. The van der Waals surface area contributed by atoms with Crippen molar-refractivity contribution < 1.29 is 28.6 Å². The van der Waals surface area contributed by atoms with Gasteiger partial charge < -0.3 is 19.5 Å². The molecule has 2 atom stereocenters. The highest BCUT2D eigenvalue weighted by Crippen LogP contribution is 2.31. The van der Waals surface area contributed by atoms with E-state index in [1.54, 1.807) is 18.2 Å². The standard InChI is InChI=1S/C20H18N2O6/c23-18-12-27-20(25)22(18)10-14(13-6-2-1-3-7-13)21-19(24)17-11-26-15-8-4-5-9-16(15)28-17/h1-9,14,17H,10-12H2,(H,21,24)/t14-,17+/m1/s1. The number of rotatable bonds is 5. The minimum absolute atomic E-state index is 0.0302. The van der Waals surface area contributed by atoms with Gasteiger partial charge in [0.15, 0.2) is 18.1 Å². The molecule has 0 saturated carbocycles. The predicted molar refractivity (Wildman–Crippen MR) is 96.7 cm³/mol. The van der Waals surface area contributed by atoms with E-state index < -0.39 is 30.1 Å². The van der Waals surface area contributed by atoms with Crippen molar-refractivity contribution in [3.05, 3.63) is 60.2 Å². The van der Waals surface area contributed by atoms with Crippen molar-refractivity contribution in [2.24, 2.45) is 0 Å². The Morgan fingerprint density at radius 3 is 2.46 bits per heavy atom. The van der Waals surface area contributed by atoms with E-state index in [1.807, 2.05) is 36.4 Å². The molecule has 1 fully saturated rings. The number of hydrogen-bond acceptors (Lipinski definition) is 6. The van der Waals surface area contributed by atoms with Crippen molar-refractivity contribution in [3.63, 3.8) is 0 Å². The number of para-hydroxylation sites is 2. The van der Waals surface area contributed by atoms with Crippen LogP contribution in [0.4, 0.5) is 4.79 Å². The molecule has 0 aromatic heterocycles. The van der Waals surface area contributed by atoms with Gasteiger partial charge in [-0.25, -0.2) is 9.69 Å². The van der Waals surface area contributed by atoms with Crippen LogP contribution < -0.4 is 14.8 Å². The van der Waals surface area contributed by atoms with Crippen LogP contribution in [0.3, 0.4) is 0 Å². The summed E-state index contributed by atoms with van der Waals surface area (Å²) in [5.41, 5.74) is 0.750. The van der Waals surface area contributed by atoms with E-state index in [2.05, 4.69) is 5.32 Å². The van der Waals surface area contributed by atoms with Gasteiger partial charge in [0.05, 0.1) is 12.6 Å². The molecular weight excluding hydrogens is 364 g/mol. The number of carbonyl (C=O) groups excluding carboxylic acids is 3. The van der Waals surface area contributed by atoms with Crippen LogP contribution in [0.2, 0.25) is 0 Å². The average Bonchev–Trinajstić information content (AvgIpc) is 3.05. The fourth-order valence-corrected chi connectivity index (χ4v) is 3.07. The maximum Gasteiger partial charge on any atom is 0.417 e. The van der Waals surface area contributed by atoms with E-state index in [4.69, 9.17) is 14.2 Å². The van der Waals surface area contributed by atoms with Crippen LogP contribution in [0, 0.1) is 0 Å². The summed E-state index contributed by atoms with van der Waals surface area (Å²) in [5.74, 6) is 0.231. The Balaban J connectivity index is 1.50. The lowest BCUT2D eigenvalue weighted by Crippen LogP contribution is -2.48. The minimum Gasteiger partial charge on any atom is -0.485 e. The molecule has 3 amide bonds. The third-order valence-electron chi connectivity index (χ3n) is 4.53. The summed E-state index contributed by atoms with van der Waals surface area (Å²) in [6.07, 6.45) is -1.56. The second-order valence-corrected chi connectivity index (χ2v) is 6.40. The van der Waals surface area contributed by atoms with Gasteiger partial charge in [-0.05, 0) is 17.7 Å². The van der Waals surface area contributed by atoms with Crippen molar-refractivity contribution in [2.75, 3.05) is 19.8 Å².